The number of nitrogens with zero attached hydrogens (tertiary/aromatic N) is 3. The van der Waals surface area contributed by atoms with Crippen LogP contribution in [0.4, 0.5) is 4.39 Å². The molecule has 1 amide bonds. The number of benzene rings is 3. The van der Waals surface area contributed by atoms with Gasteiger partial charge < -0.3 is 18.9 Å². The number of hydrogen-bond acceptors (Lipinski definition) is 4. The molecule has 4 aromatic rings. The molecule has 0 unspecified atom stereocenters. The van der Waals surface area contributed by atoms with Crippen molar-refractivity contribution in [3.63, 3.8) is 0 Å². The number of rotatable bonds is 7. The van der Waals surface area contributed by atoms with E-state index < -0.39 is 0 Å². The van der Waals surface area contributed by atoms with Crippen molar-refractivity contribution in [1.29, 1.82) is 0 Å². The number of carbonyl (C=O) groups is 1. The van der Waals surface area contributed by atoms with Gasteiger partial charge >= 0.3 is 0 Å². The van der Waals surface area contributed by atoms with Crippen molar-refractivity contribution in [3.8, 4) is 22.6 Å². The summed E-state index contributed by atoms with van der Waals surface area (Å²) in [6.45, 7) is 7.48. The number of aromatic nitrogens is 2. The Balaban J connectivity index is 1.56. The van der Waals surface area contributed by atoms with E-state index in [1.54, 1.807) is 20.3 Å². The molecular weight excluding hydrogens is 481 g/mol. The number of amides is 1. The molecule has 1 aliphatic rings. The quantitative estimate of drug-likeness (QED) is 0.310. The molecule has 0 atom stereocenters. The Hall–Kier alpha value is -4.13. The minimum atomic E-state index is -0.267. The fourth-order valence-electron chi connectivity index (χ4n) is 5.32. The number of halogens is 1. The average molecular weight is 514 g/mol. The highest BCUT2D eigenvalue weighted by Crippen LogP contribution is 2.35. The summed E-state index contributed by atoms with van der Waals surface area (Å²) in [4.78, 5) is 20.3. The molecule has 38 heavy (non-hydrogen) atoms. The second-order valence-electron chi connectivity index (χ2n) is 9.88. The SMILES string of the molecule is COc1cc(CN2CCc3c(cc(Cn4cc(C)nc4C)cc3-c3ccc(F)cc3C)C2=O)cc(OC)c1. The molecule has 0 radical (unpaired) electrons. The fraction of sp³-hybridized carbons (Fsp3) is 0.290. The van der Waals surface area contributed by atoms with Gasteiger partial charge in [-0.25, -0.2) is 9.37 Å². The monoisotopic (exact) mass is 513 g/mol. The van der Waals surface area contributed by atoms with Crippen molar-refractivity contribution in [2.75, 3.05) is 20.8 Å². The lowest BCUT2D eigenvalue weighted by Gasteiger charge is -2.31. The normalized spacial score (nSPS) is 13.0. The lowest BCUT2D eigenvalue weighted by molar-refractivity contribution is 0.0726. The van der Waals surface area contributed by atoms with E-state index in [1.807, 2.05) is 62.2 Å². The molecule has 0 fully saturated rings. The molecule has 1 aromatic heterocycles. The van der Waals surface area contributed by atoms with Crippen LogP contribution in [0.25, 0.3) is 11.1 Å². The van der Waals surface area contributed by atoms with Crippen molar-refractivity contribution in [1.82, 2.24) is 14.5 Å². The van der Waals surface area contributed by atoms with E-state index in [-0.39, 0.29) is 11.7 Å². The maximum absolute atomic E-state index is 14.0. The van der Waals surface area contributed by atoms with Gasteiger partial charge in [0.15, 0.2) is 0 Å². The molecule has 0 bridgehead atoms. The largest absolute Gasteiger partial charge is 0.497 e. The molecule has 6 nitrogen and oxygen atoms in total. The van der Waals surface area contributed by atoms with Gasteiger partial charge in [0.2, 0.25) is 0 Å². The molecule has 0 aliphatic carbocycles. The Morgan fingerprint density at radius 3 is 2.18 bits per heavy atom. The third-order valence-electron chi connectivity index (χ3n) is 7.17. The summed E-state index contributed by atoms with van der Waals surface area (Å²) in [5, 5.41) is 0. The van der Waals surface area contributed by atoms with E-state index in [0.29, 0.717) is 43.1 Å². The predicted octanol–water partition coefficient (Wildman–Crippen LogP) is 5.88. The second-order valence-corrected chi connectivity index (χ2v) is 9.88. The van der Waals surface area contributed by atoms with E-state index >= 15 is 0 Å². The lowest BCUT2D eigenvalue weighted by atomic mass is 9.86. The molecule has 1 aliphatic heterocycles. The first kappa shape index (κ1) is 25.5. The third-order valence-corrected chi connectivity index (χ3v) is 7.17. The van der Waals surface area contributed by atoms with Gasteiger partial charge in [0.1, 0.15) is 23.1 Å². The van der Waals surface area contributed by atoms with Crippen molar-refractivity contribution >= 4 is 5.91 Å². The van der Waals surface area contributed by atoms with E-state index in [9.17, 15) is 9.18 Å². The first-order valence-corrected chi connectivity index (χ1v) is 12.7. The van der Waals surface area contributed by atoms with E-state index in [4.69, 9.17) is 9.47 Å². The van der Waals surface area contributed by atoms with Gasteiger partial charge in [-0.1, -0.05) is 6.07 Å². The van der Waals surface area contributed by atoms with Crippen molar-refractivity contribution in [2.24, 2.45) is 0 Å². The Labute approximate surface area is 222 Å². The highest BCUT2D eigenvalue weighted by molar-refractivity contribution is 5.99. The van der Waals surface area contributed by atoms with Crippen molar-refractivity contribution in [2.45, 2.75) is 40.3 Å². The lowest BCUT2D eigenvalue weighted by Crippen LogP contribution is -2.37. The molecule has 196 valence electrons. The van der Waals surface area contributed by atoms with Gasteiger partial charge in [0, 0.05) is 37.5 Å². The van der Waals surface area contributed by atoms with Gasteiger partial charge in [0.05, 0.1) is 19.9 Å². The maximum atomic E-state index is 14.0. The molecule has 0 saturated heterocycles. The molecule has 0 saturated carbocycles. The molecule has 0 N–H and O–H groups in total. The Bertz CT molecular complexity index is 1500. The van der Waals surface area contributed by atoms with E-state index in [0.717, 1.165) is 44.9 Å². The average Bonchev–Trinajstić information content (AvgIpc) is 3.21. The number of aryl methyl sites for hydroxylation is 3. The number of imidazole rings is 1. The topological polar surface area (TPSA) is 56.6 Å². The van der Waals surface area contributed by atoms with Crippen LogP contribution >= 0.6 is 0 Å². The smallest absolute Gasteiger partial charge is 0.254 e. The Morgan fingerprint density at radius 1 is 0.868 bits per heavy atom. The summed E-state index contributed by atoms with van der Waals surface area (Å²) in [6.07, 6.45) is 2.72. The molecule has 0 spiro atoms. The molecule has 2 heterocycles. The summed E-state index contributed by atoms with van der Waals surface area (Å²) in [7, 11) is 3.23. The molecule has 5 rings (SSSR count). The van der Waals surface area contributed by atoms with Crippen LogP contribution in [-0.4, -0.2) is 41.1 Å². The van der Waals surface area contributed by atoms with Crippen molar-refractivity contribution < 1.29 is 18.7 Å². The third kappa shape index (κ3) is 5.01. The number of fused-ring (bicyclic) bond motifs is 1. The predicted molar refractivity (Wildman–Crippen MR) is 145 cm³/mol. The highest BCUT2D eigenvalue weighted by Gasteiger charge is 2.28. The summed E-state index contributed by atoms with van der Waals surface area (Å²) in [5.41, 5.74) is 7.36. The van der Waals surface area contributed by atoms with Crippen LogP contribution in [0.15, 0.2) is 54.7 Å². The first-order valence-electron chi connectivity index (χ1n) is 12.7. The zero-order chi connectivity index (χ0) is 27.0. The van der Waals surface area contributed by atoms with Gasteiger partial charge in [0.25, 0.3) is 5.91 Å². The Kier molecular flexibility index (Phi) is 6.93. The highest BCUT2D eigenvalue weighted by atomic mass is 19.1. The number of carbonyl (C=O) groups excluding carboxylic acids is 1. The summed E-state index contributed by atoms with van der Waals surface area (Å²) >= 11 is 0. The zero-order valence-electron chi connectivity index (χ0n) is 22.5. The van der Waals surface area contributed by atoms with Crippen molar-refractivity contribution in [3.05, 3.63) is 99.9 Å². The Morgan fingerprint density at radius 2 is 1.55 bits per heavy atom. The fourth-order valence-corrected chi connectivity index (χ4v) is 5.32. The number of methoxy groups -OCH3 is 2. The van der Waals surface area contributed by atoms with Crippen LogP contribution in [0.3, 0.4) is 0 Å². The van der Waals surface area contributed by atoms with Gasteiger partial charge in [-0.15, -0.1) is 0 Å². The van der Waals surface area contributed by atoms with E-state index in [2.05, 4.69) is 15.6 Å². The second kappa shape index (κ2) is 10.3. The number of hydrogen-bond donors (Lipinski definition) is 0. The molecule has 7 heteroatoms. The maximum Gasteiger partial charge on any atom is 0.254 e. The standard InChI is InChI=1S/C31H32FN3O3/c1-19-10-24(32)6-7-27(19)29-13-23(18-35-16-20(2)33-21(35)3)14-30-28(29)8-9-34(31(30)36)17-22-11-25(37-4)15-26(12-22)38-5/h6-7,10-16H,8-9,17-18H2,1-5H3. The minimum Gasteiger partial charge on any atom is -0.497 e. The van der Waals surface area contributed by atoms with Gasteiger partial charge in [-0.3, -0.25) is 4.79 Å². The molecule has 3 aromatic carbocycles. The van der Waals surface area contributed by atoms with Crippen LogP contribution < -0.4 is 9.47 Å². The van der Waals surface area contributed by atoms with Crippen LogP contribution in [0, 0.1) is 26.6 Å². The summed E-state index contributed by atoms with van der Waals surface area (Å²) in [6, 6.07) is 14.7. The zero-order valence-corrected chi connectivity index (χ0v) is 22.5. The van der Waals surface area contributed by atoms with Gasteiger partial charge in [-0.05, 0) is 97.0 Å². The van der Waals surface area contributed by atoms with Crippen LogP contribution in [-0.2, 0) is 19.5 Å². The van der Waals surface area contributed by atoms with Crippen LogP contribution in [0.2, 0.25) is 0 Å². The van der Waals surface area contributed by atoms with E-state index in [1.165, 1.54) is 6.07 Å². The first-order chi connectivity index (χ1) is 18.2. The van der Waals surface area contributed by atoms with Gasteiger partial charge in [-0.2, -0.15) is 0 Å². The van der Waals surface area contributed by atoms with Crippen LogP contribution in [0.5, 0.6) is 11.5 Å². The number of ether oxygens (including phenoxy) is 2. The summed E-state index contributed by atoms with van der Waals surface area (Å²) < 4.78 is 26.9. The minimum absolute atomic E-state index is 0.0190. The van der Waals surface area contributed by atoms with Crippen LogP contribution in [0.1, 0.15) is 44.1 Å². The molecular formula is C31H32FN3O3. The summed E-state index contributed by atoms with van der Waals surface area (Å²) in [5.74, 6) is 2.00.